The Balaban J connectivity index is 1.35. The number of nitrogens with zero attached hydrogens (tertiary/aromatic N) is 2. The van der Waals surface area contributed by atoms with Crippen molar-refractivity contribution in [3.63, 3.8) is 0 Å². The molecule has 1 amide bonds. The van der Waals surface area contributed by atoms with Gasteiger partial charge in [-0.2, -0.15) is 13.2 Å². The summed E-state index contributed by atoms with van der Waals surface area (Å²) in [5.74, 6) is 0.404. The van der Waals surface area contributed by atoms with Gasteiger partial charge in [0.25, 0.3) is 0 Å². The van der Waals surface area contributed by atoms with Gasteiger partial charge in [0.15, 0.2) is 5.78 Å². The quantitative estimate of drug-likeness (QED) is 0.267. The molecule has 5 nitrogen and oxygen atoms in total. The van der Waals surface area contributed by atoms with Gasteiger partial charge in [0.05, 0.1) is 12.0 Å². The summed E-state index contributed by atoms with van der Waals surface area (Å²) in [4.78, 5) is 30.6. The number of alkyl halides is 3. The minimum absolute atomic E-state index is 0.0144. The van der Waals surface area contributed by atoms with Crippen LogP contribution in [0.5, 0.6) is 5.75 Å². The lowest BCUT2D eigenvalue weighted by Crippen LogP contribution is -2.30. The van der Waals surface area contributed by atoms with Crippen LogP contribution in [0.1, 0.15) is 65.9 Å². The van der Waals surface area contributed by atoms with Gasteiger partial charge in [-0.3, -0.25) is 9.59 Å². The molecule has 8 heteroatoms. The van der Waals surface area contributed by atoms with E-state index in [-0.39, 0.29) is 18.1 Å². The summed E-state index contributed by atoms with van der Waals surface area (Å²) in [5.41, 5.74) is 4.91. The molecule has 2 aliphatic rings. The zero-order chi connectivity index (χ0) is 31.1. The number of Topliss-reactive ketones (excluding diaryl/α,β-unsaturated/α-hetero) is 1. The molecule has 0 spiro atoms. The van der Waals surface area contributed by atoms with Crippen molar-refractivity contribution in [1.82, 2.24) is 4.90 Å². The first-order chi connectivity index (χ1) is 20.3. The first-order valence-corrected chi connectivity index (χ1v) is 14.7. The Morgan fingerprint density at radius 1 is 0.977 bits per heavy atom. The summed E-state index contributed by atoms with van der Waals surface area (Å²) in [6.07, 6.45) is -4.06. The normalized spacial score (nSPS) is 15.3. The first-order valence-electron chi connectivity index (χ1n) is 14.7. The summed E-state index contributed by atoms with van der Waals surface area (Å²) in [7, 11) is 1.62. The molecule has 0 aliphatic heterocycles. The number of fused-ring (bicyclic) bond motifs is 3. The molecule has 0 N–H and O–H groups in total. The Morgan fingerprint density at radius 2 is 1.70 bits per heavy atom. The number of likely N-dealkylation sites (N-methyl/N-ethyl adjacent to an activating group) is 2. The van der Waals surface area contributed by atoms with Crippen molar-refractivity contribution in [3.05, 3.63) is 99.6 Å². The Kier molecular flexibility index (Phi) is 8.27. The Hall–Kier alpha value is -3.91. The Labute approximate surface area is 251 Å². The fourth-order valence-electron chi connectivity index (χ4n) is 6.17. The zero-order valence-corrected chi connectivity index (χ0v) is 25.3. The van der Waals surface area contributed by atoms with E-state index < -0.39 is 17.2 Å². The zero-order valence-electron chi connectivity index (χ0n) is 25.3. The van der Waals surface area contributed by atoms with Gasteiger partial charge in [0, 0.05) is 35.8 Å². The molecule has 0 saturated heterocycles. The molecule has 5 rings (SSSR count). The highest BCUT2D eigenvalue weighted by molar-refractivity contribution is 6.33. The molecule has 0 radical (unpaired) electrons. The molecular formula is C35H37F3N2O3. The number of hydrogen-bond donors (Lipinski definition) is 0. The van der Waals surface area contributed by atoms with E-state index in [1.54, 1.807) is 13.1 Å². The maximum absolute atomic E-state index is 13.8. The number of ether oxygens (including phenoxy) is 1. The van der Waals surface area contributed by atoms with Gasteiger partial charge in [-0.1, -0.05) is 52.0 Å². The van der Waals surface area contributed by atoms with E-state index >= 15 is 0 Å². The standard InChI is InChI=1S/C35H37F3N2O3/c1-6-40(7-2)15-16-43-26-12-14-28-29(21-26)34(3,4)30-20-23-19-25(11-13-27(23)32(30)33(28)42)39(5)31(41)18-22-9-8-10-24(17-22)35(36,37)38/h8-14,17,19,21H,6-7,15-16,18,20H2,1-5H3. The maximum Gasteiger partial charge on any atom is 0.416 e. The third-order valence-electron chi connectivity index (χ3n) is 8.86. The molecule has 226 valence electrons. The second-order valence-corrected chi connectivity index (χ2v) is 11.7. The minimum Gasteiger partial charge on any atom is -0.492 e. The van der Waals surface area contributed by atoms with Crippen LogP contribution in [-0.2, 0) is 29.2 Å². The number of rotatable bonds is 9. The minimum atomic E-state index is -4.47. The topological polar surface area (TPSA) is 49.9 Å². The second kappa shape index (κ2) is 11.6. The van der Waals surface area contributed by atoms with Crippen molar-refractivity contribution in [2.45, 2.75) is 52.1 Å². The van der Waals surface area contributed by atoms with Crippen LogP contribution in [0.25, 0.3) is 5.57 Å². The van der Waals surface area contributed by atoms with E-state index in [0.29, 0.717) is 35.4 Å². The highest BCUT2D eigenvalue weighted by Crippen LogP contribution is 2.50. The van der Waals surface area contributed by atoms with E-state index in [1.165, 1.54) is 17.0 Å². The average molecular weight is 591 g/mol. The number of carbonyl (C=O) groups excluding carboxylic acids is 2. The fraction of sp³-hybridized carbons (Fsp3) is 0.371. The van der Waals surface area contributed by atoms with Crippen LogP contribution in [0.2, 0.25) is 0 Å². The van der Waals surface area contributed by atoms with Crippen LogP contribution in [0.4, 0.5) is 18.9 Å². The van der Waals surface area contributed by atoms with Crippen molar-refractivity contribution < 1.29 is 27.5 Å². The molecule has 0 bridgehead atoms. The summed E-state index contributed by atoms with van der Waals surface area (Å²) in [6, 6.07) is 16.2. The SMILES string of the molecule is CCN(CC)CCOc1ccc2c(c1)C(C)(C)C1=C(C2=O)c2ccc(N(C)C(=O)Cc3cccc(C(F)(F)F)c3)cc2C1. The number of carbonyl (C=O) groups is 2. The van der Waals surface area contributed by atoms with Gasteiger partial charge in [-0.25, -0.2) is 0 Å². The number of hydrogen-bond acceptors (Lipinski definition) is 4. The fourth-order valence-corrected chi connectivity index (χ4v) is 6.17. The molecule has 0 saturated carbocycles. The maximum atomic E-state index is 13.8. The van der Waals surface area contributed by atoms with E-state index in [1.807, 2.05) is 30.3 Å². The van der Waals surface area contributed by atoms with Crippen LogP contribution in [0.3, 0.4) is 0 Å². The van der Waals surface area contributed by atoms with Gasteiger partial charge in [0.2, 0.25) is 5.91 Å². The van der Waals surface area contributed by atoms with E-state index in [2.05, 4.69) is 32.6 Å². The number of halogens is 3. The van der Waals surface area contributed by atoms with Crippen molar-refractivity contribution in [2.75, 3.05) is 38.2 Å². The Bertz CT molecular complexity index is 1600. The molecular weight excluding hydrogens is 553 g/mol. The number of benzene rings is 3. The predicted octanol–water partition coefficient (Wildman–Crippen LogP) is 7.12. The van der Waals surface area contributed by atoms with Crippen molar-refractivity contribution in [1.29, 1.82) is 0 Å². The monoisotopic (exact) mass is 590 g/mol. The third kappa shape index (κ3) is 5.85. The van der Waals surface area contributed by atoms with Gasteiger partial charge in [0.1, 0.15) is 12.4 Å². The van der Waals surface area contributed by atoms with Gasteiger partial charge < -0.3 is 14.5 Å². The Morgan fingerprint density at radius 3 is 2.40 bits per heavy atom. The van der Waals surface area contributed by atoms with Crippen LogP contribution in [0, 0.1) is 0 Å². The van der Waals surface area contributed by atoms with Crippen molar-refractivity contribution >= 4 is 23.0 Å². The number of amides is 1. The molecule has 0 atom stereocenters. The lowest BCUT2D eigenvalue weighted by atomic mass is 9.68. The lowest BCUT2D eigenvalue weighted by Gasteiger charge is -2.34. The van der Waals surface area contributed by atoms with Crippen molar-refractivity contribution in [3.8, 4) is 5.75 Å². The number of anilines is 1. The summed E-state index contributed by atoms with van der Waals surface area (Å²) >= 11 is 0. The van der Waals surface area contributed by atoms with Crippen LogP contribution >= 0.6 is 0 Å². The molecule has 3 aromatic carbocycles. The summed E-state index contributed by atoms with van der Waals surface area (Å²) in [6.45, 7) is 11.8. The van der Waals surface area contributed by atoms with Crippen LogP contribution < -0.4 is 9.64 Å². The second-order valence-electron chi connectivity index (χ2n) is 11.7. The first kappa shape index (κ1) is 30.5. The molecule has 43 heavy (non-hydrogen) atoms. The molecule has 0 fully saturated rings. The molecule has 0 unspecified atom stereocenters. The average Bonchev–Trinajstić information content (AvgIpc) is 3.38. The van der Waals surface area contributed by atoms with Gasteiger partial charge in [-0.15, -0.1) is 0 Å². The van der Waals surface area contributed by atoms with E-state index in [9.17, 15) is 22.8 Å². The summed E-state index contributed by atoms with van der Waals surface area (Å²) < 4.78 is 45.5. The highest BCUT2D eigenvalue weighted by Gasteiger charge is 2.43. The molecule has 0 heterocycles. The number of allylic oxidation sites excluding steroid dienone is 2. The molecule has 2 aliphatic carbocycles. The van der Waals surface area contributed by atoms with Crippen LogP contribution in [-0.4, -0.2) is 49.9 Å². The largest absolute Gasteiger partial charge is 0.492 e. The van der Waals surface area contributed by atoms with Crippen molar-refractivity contribution in [2.24, 2.45) is 0 Å². The third-order valence-corrected chi connectivity index (χ3v) is 8.86. The lowest BCUT2D eigenvalue weighted by molar-refractivity contribution is -0.137. The van der Waals surface area contributed by atoms with E-state index in [0.717, 1.165) is 59.8 Å². The smallest absolute Gasteiger partial charge is 0.416 e. The van der Waals surface area contributed by atoms with Gasteiger partial charge >= 0.3 is 6.18 Å². The molecule has 3 aromatic rings. The molecule has 0 aromatic heterocycles. The van der Waals surface area contributed by atoms with Gasteiger partial charge in [-0.05, 0) is 83.7 Å². The highest BCUT2D eigenvalue weighted by atomic mass is 19.4. The number of ketones is 1. The summed E-state index contributed by atoms with van der Waals surface area (Å²) in [5, 5.41) is 0. The predicted molar refractivity (Wildman–Crippen MR) is 163 cm³/mol. The van der Waals surface area contributed by atoms with E-state index in [4.69, 9.17) is 4.74 Å². The van der Waals surface area contributed by atoms with Crippen LogP contribution in [0.15, 0.2) is 66.2 Å².